The van der Waals surface area contributed by atoms with Crippen LogP contribution in [0.4, 0.5) is 5.69 Å². The number of piperidine rings is 1. The molecule has 2 N–H and O–H groups in total. The van der Waals surface area contributed by atoms with E-state index in [1.165, 1.54) is 16.7 Å². The topological polar surface area (TPSA) is 57.3 Å². The lowest BCUT2D eigenvalue weighted by Gasteiger charge is -2.32. The summed E-state index contributed by atoms with van der Waals surface area (Å²) in [6, 6.07) is 21.0. The van der Waals surface area contributed by atoms with Gasteiger partial charge in [-0.3, -0.25) is 9.78 Å². The number of benzene rings is 2. The molecule has 35 heavy (non-hydrogen) atoms. The molecule has 4 aromatic rings. The highest BCUT2D eigenvalue weighted by Crippen LogP contribution is 2.35. The molecule has 0 unspecified atom stereocenters. The molecule has 0 spiro atoms. The number of hydrogen-bond acceptors (Lipinski definition) is 5. The van der Waals surface area contributed by atoms with Gasteiger partial charge in [-0.05, 0) is 41.8 Å². The molecule has 2 aromatic carbocycles. The first kappa shape index (κ1) is 23.5. The summed E-state index contributed by atoms with van der Waals surface area (Å²) in [6.45, 7) is 5.99. The van der Waals surface area contributed by atoms with Crippen molar-refractivity contribution in [1.29, 1.82) is 0 Å². The highest BCUT2D eigenvalue weighted by atomic mass is 32.1. The molecule has 0 radical (unpaired) electrons. The van der Waals surface area contributed by atoms with Crippen LogP contribution in [0.3, 0.4) is 0 Å². The summed E-state index contributed by atoms with van der Waals surface area (Å²) in [5, 5.41) is 9.16. The van der Waals surface area contributed by atoms with E-state index in [2.05, 4.69) is 65.4 Å². The summed E-state index contributed by atoms with van der Waals surface area (Å²) in [7, 11) is 0. The summed E-state index contributed by atoms with van der Waals surface area (Å²) < 4.78 is 1.05. The Morgan fingerprint density at radius 2 is 1.74 bits per heavy atom. The fraction of sp³-hybridized carbons (Fsp3) is 0.310. The maximum Gasteiger partial charge on any atom is 0.257 e. The van der Waals surface area contributed by atoms with E-state index in [4.69, 9.17) is 4.98 Å². The molecule has 1 aliphatic rings. The van der Waals surface area contributed by atoms with Crippen LogP contribution in [0.25, 0.3) is 10.2 Å². The number of fused-ring (bicyclic) bond motifs is 1. The lowest BCUT2D eigenvalue weighted by Crippen LogP contribution is -2.38. The lowest BCUT2D eigenvalue weighted by molar-refractivity contribution is 0.0713. The van der Waals surface area contributed by atoms with Gasteiger partial charge in [0.1, 0.15) is 0 Å². The van der Waals surface area contributed by atoms with Gasteiger partial charge in [0.25, 0.3) is 5.91 Å². The van der Waals surface area contributed by atoms with Crippen molar-refractivity contribution in [1.82, 2.24) is 15.2 Å². The molecule has 3 heterocycles. The minimum absolute atomic E-state index is 0.0723. The molecule has 5 nitrogen and oxygen atoms in total. The number of carbonyl (C=O) groups excluding carboxylic acids is 1. The number of nitrogens with zero attached hydrogens (tertiary/aromatic N) is 2. The summed E-state index contributed by atoms with van der Waals surface area (Å²) >= 11 is 1.67. The fourth-order valence-corrected chi connectivity index (χ4v) is 5.89. The highest BCUT2D eigenvalue weighted by molar-refractivity contribution is 7.18. The summed E-state index contributed by atoms with van der Waals surface area (Å²) in [4.78, 5) is 20.5. The van der Waals surface area contributed by atoms with Gasteiger partial charge in [0.15, 0.2) is 0 Å². The predicted molar refractivity (Wildman–Crippen MR) is 145 cm³/mol. The first-order chi connectivity index (χ1) is 17.2. The standard InChI is InChI=1S/C29H32N4OS/c1-2-30-18-24-20-35-28-26(24)32-19-25(27(28)31-17-21-9-5-3-6-10-21)29(34)33-15-13-23(14-16-33)22-11-7-4-8-12-22/h3-12,19-20,23,30H,2,13-18H2,1H3,(H,31,32). The average Bonchev–Trinajstić information content (AvgIpc) is 3.34. The largest absolute Gasteiger partial charge is 0.379 e. The Hall–Kier alpha value is -3.22. The first-order valence-corrected chi connectivity index (χ1v) is 13.3. The van der Waals surface area contributed by atoms with Crippen LogP contribution in [0.15, 0.2) is 72.2 Å². The predicted octanol–water partition coefficient (Wildman–Crippen LogP) is 6.04. The summed E-state index contributed by atoms with van der Waals surface area (Å²) in [5.41, 5.74) is 6.29. The number of aromatic nitrogens is 1. The number of pyridine rings is 1. The number of nitrogens with one attached hydrogen (secondary N) is 2. The number of thiophene rings is 1. The van der Waals surface area contributed by atoms with E-state index in [9.17, 15) is 4.79 Å². The van der Waals surface area contributed by atoms with Crippen molar-refractivity contribution in [2.75, 3.05) is 25.0 Å². The number of carbonyl (C=O) groups is 1. The normalized spacial score (nSPS) is 14.4. The Bertz CT molecular complexity index is 1260. The molecule has 180 valence electrons. The van der Waals surface area contributed by atoms with Crippen LogP contribution in [-0.4, -0.2) is 35.4 Å². The van der Waals surface area contributed by atoms with Crippen LogP contribution >= 0.6 is 11.3 Å². The van der Waals surface area contributed by atoms with Crippen LogP contribution in [-0.2, 0) is 13.1 Å². The molecular weight excluding hydrogens is 452 g/mol. The Balaban J connectivity index is 1.40. The Morgan fingerprint density at radius 1 is 1.03 bits per heavy atom. The van der Waals surface area contributed by atoms with E-state index in [-0.39, 0.29) is 5.91 Å². The highest BCUT2D eigenvalue weighted by Gasteiger charge is 2.27. The van der Waals surface area contributed by atoms with Gasteiger partial charge in [0.2, 0.25) is 0 Å². The molecule has 1 fully saturated rings. The van der Waals surface area contributed by atoms with Crippen LogP contribution in [0, 0.1) is 0 Å². The molecule has 0 bridgehead atoms. The molecule has 2 aromatic heterocycles. The van der Waals surface area contributed by atoms with Crippen LogP contribution in [0.2, 0.25) is 0 Å². The third-order valence-electron chi connectivity index (χ3n) is 6.82. The van der Waals surface area contributed by atoms with E-state index in [0.29, 0.717) is 18.0 Å². The maximum absolute atomic E-state index is 13.7. The molecule has 1 saturated heterocycles. The molecule has 0 atom stereocenters. The molecular formula is C29H32N4OS. The number of rotatable bonds is 8. The second-order valence-electron chi connectivity index (χ2n) is 9.08. The fourth-order valence-electron chi connectivity index (χ4n) is 4.84. The van der Waals surface area contributed by atoms with Crippen LogP contribution in [0.5, 0.6) is 0 Å². The van der Waals surface area contributed by atoms with E-state index < -0.39 is 0 Å². The number of hydrogen-bond donors (Lipinski definition) is 2. The van der Waals surface area contributed by atoms with Gasteiger partial charge in [0.05, 0.1) is 21.5 Å². The van der Waals surface area contributed by atoms with Crippen LogP contribution in [0.1, 0.15) is 52.7 Å². The van der Waals surface area contributed by atoms with Gasteiger partial charge in [-0.1, -0.05) is 67.6 Å². The van der Waals surface area contributed by atoms with Crippen molar-refractivity contribution in [3.63, 3.8) is 0 Å². The second kappa shape index (κ2) is 11.0. The van der Waals surface area contributed by atoms with E-state index in [0.717, 1.165) is 54.9 Å². The first-order valence-electron chi connectivity index (χ1n) is 12.5. The monoisotopic (exact) mass is 484 g/mol. The smallest absolute Gasteiger partial charge is 0.257 e. The van der Waals surface area contributed by atoms with Crippen molar-refractivity contribution in [3.8, 4) is 0 Å². The SMILES string of the molecule is CCNCc1csc2c(NCc3ccccc3)c(C(=O)N3CCC(c4ccccc4)CC3)cnc12. The van der Waals surface area contributed by atoms with Gasteiger partial charge in [-0.25, -0.2) is 0 Å². The van der Waals surface area contributed by atoms with Crippen molar-refractivity contribution in [3.05, 3.63) is 94.5 Å². The molecule has 1 amide bonds. The van der Waals surface area contributed by atoms with E-state index in [1.807, 2.05) is 23.1 Å². The molecule has 1 aliphatic heterocycles. The Labute approximate surface area is 211 Å². The zero-order valence-corrected chi connectivity index (χ0v) is 21.0. The van der Waals surface area contributed by atoms with Gasteiger partial charge < -0.3 is 15.5 Å². The van der Waals surface area contributed by atoms with Gasteiger partial charge in [-0.2, -0.15) is 0 Å². The molecule has 0 saturated carbocycles. The summed E-state index contributed by atoms with van der Waals surface area (Å²) in [5.74, 6) is 0.588. The quantitative estimate of drug-likeness (QED) is 0.320. The minimum Gasteiger partial charge on any atom is -0.379 e. The zero-order chi connectivity index (χ0) is 24.0. The van der Waals surface area contributed by atoms with E-state index >= 15 is 0 Å². The number of likely N-dealkylation sites (tertiary alicyclic amines) is 1. The number of anilines is 1. The van der Waals surface area contributed by atoms with Gasteiger partial charge in [0, 0.05) is 37.9 Å². The van der Waals surface area contributed by atoms with Crippen molar-refractivity contribution >= 4 is 33.1 Å². The molecule has 5 rings (SSSR count). The number of amides is 1. The third kappa shape index (κ3) is 5.24. The van der Waals surface area contributed by atoms with Crippen molar-refractivity contribution < 1.29 is 4.79 Å². The van der Waals surface area contributed by atoms with Gasteiger partial charge in [-0.15, -0.1) is 11.3 Å². The zero-order valence-electron chi connectivity index (χ0n) is 20.2. The Kier molecular flexibility index (Phi) is 7.40. The molecule has 0 aliphatic carbocycles. The lowest BCUT2D eigenvalue weighted by atomic mass is 9.89. The Morgan fingerprint density at radius 3 is 2.46 bits per heavy atom. The van der Waals surface area contributed by atoms with Crippen LogP contribution < -0.4 is 10.6 Å². The van der Waals surface area contributed by atoms with E-state index in [1.54, 1.807) is 17.5 Å². The molecule has 6 heteroatoms. The average molecular weight is 485 g/mol. The van der Waals surface area contributed by atoms with Crippen molar-refractivity contribution in [2.24, 2.45) is 0 Å². The van der Waals surface area contributed by atoms with Crippen molar-refractivity contribution in [2.45, 2.75) is 38.8 Å². The third-order valence-corrected chi connectivity index (χ3v) is 7.85. The second-order valence-corrected chi connectivity index (χ2v) is 9.96. The summed E-state index contributed by atoms with van der Waals surface area (Å²) in [6.07, 6.45) is 3.76. The van der Waals surface area contributed by atoms with Gasteiger partial charge >= 0.3 is 0 Å². The minimum atomic E-state index is 0.0723. The maximum atomic E-state index is 13.7.